The second kappa shape index (κ2) is 8.09. The molecule has 4 nitrogen and oxygen atoms in total. The third kappa shape index (κ3) is 3.81. The van der Waals surface area contributed by atoms with Gasteiger partial charge in [0.25, 0.3) is 0 Å². The topological polar surface area (TPSA) is 49.4 Å². The lowest BCUT2D eigenvalue weighted by Gasteiger charge is -2.16. The molecule has 2 amide bonds. The van der Waals surface area contributed by atoms with Crippen LogP contribution >= 0.6 is 0 Å². The Kier molecular flexibility index (Phi) is 5.20. The Morgan fingerprint density at radius 3 is 2.07 bits per heavy atom. The minimum absolute atomic E-state index is 0.00302. The number of rotatable bonds is 5. The predicted molar refractivity (Wildman–Crippen MR) is 111 cm³/mol. The Hall–Kier alpha value is -3.40. The van der Waals surface area contributed by atoms with Gasteiger partial charge in [0.15, 0.2) is 0 Å². The SMILES string of the molecule is O=C(CC1C(=O)N(c2ccccc2)CC1c1ccccc1)Nc1ccccc1. The Morgan fingerprint density at radius 2 is 1.43 bits per heavy atom. The van der Waals surface area contributed by atoms with Crippen LogP contribution in [0.4, 0.5) is 11.4 Å². The van der Waals surface area contributed by atoms with Crippen molar-refractivity contribution in [1.29, 1.82) is 0 Å². The Labute approximate surface area is 164 Å². The van der Waals surface area contributed by atoms with E-state index in [1.807, 2.05) is 91.0 Å². The van der Waals surface area contributed by atoms with Crippen LogP contribution in [0.3, 0.4) is 0 Å². The van der Waals surface area contributed by atoms with Gasteiger partial charge in [-0.2, -0.15) is 0 Å². The van der Waals surface area contributed by atoms with E-state index in [1.54, 1.807) is 4.90 Å². The maximum atomic E-state index is 13.2. The molecule has 4 rings (SSSR count). The molecule has 3 aromatic rings. The van der Waals surface area contributed by atoms with Gasteiger partial charge in [-0.05, 0) is 29.8 Å². The standard InChI is InChI=1S/C24H22N2O2/c27-23(25-19-12-6-2-7-13-19)16-21-22(18-10-4-1-5-11-18)17-26(24(21)28)20-14-8-3-9-15-20/h1-15,21-22H,16-17H2,(H,25,27). The lowest BCUT2D eigenvalue weighted by molar-refractivity contribution is -0.125. The first-order chi connectivity index (χ1) is 13.7. The van der Waals surface area contributed by atoms with Gasteiger partial charge in [0, 0.05) is 30.3 Å². The summed E-state index contributed by atoms with van der Waals surface area (Å²) < 4.78 is 0. The van der Waals surface area contributed by atoms with Gasteiger partial charge in [-0.15, -0.1) is 0 Å². The first-order valence-corrected chi connectivity index (χ1v) is 9.48. The van der Waals surface area contributed by atoms with Gasteiger partial charge in [0.2, 0.25) is 11.8 Å². The summed E-state index contributed by atoms with van der Waals surface area (Å²) in [6, 6.07) is 29.0. The molecule has 1 N–H and O–H groups in total. The van der Waals surface area contributed by atoms with E-state index in [0.717, 1.165) is 16.9 Å². The van der Waals surface area contributed by atoms with Crippen LogP contribution in [-0.2, 0) is 9.59 Å². The summed E-state index contributed by atoms with van der Waals surface area (Å²) in [5.41, 5.74) is 2.71. The highest BCUT2D eigenvalue weighted by molar-refractivity contribution is 6.02. The smallest absolute Gasteiger partial charge is 0.231 e. The zero-order chi connectivity index (χ0) is 19.3. The maximum absolute atomic E-state index is 13.2. The van der Waals surface area contributed by atoms with E-state index in [1.165, 1.54) is 0 Å². The third-order valence-electron chi connectivity index (χ3n) is 5.21. The Morgan fingerprint density at radius 1 is 0.857 bits per heavy atom. The lowest BCUT2D eigenvalue weighted by atomic mass is 9.86. The molecule has 140 valence electrons. The van der Waals surface area contributed by atoms with Crippen molar-refractivity contribution in [2.45, 2.75) is 12.3 Å². The van der Waals surface area contributed by atoms with Gasteiger partial charge in [0.1, 0.15) is 0 Å². The van der Waals surface area contributed by atoms with Crippen molar-refractivity contribution >= 4 is 23.2 Å². The molecule has 1 heterocycles. The number of nitrogens with zero attached hydrogens (tertiary/aromatic N) is 1. The van der Waals surface area contributed by atoms with Crippen molar-refractivity contribution in [2.75, 3.05) is 16.8 Å². The Bertz CT molecular complexity index is 942. The van der Waals surface area contributed by atoms with E-state index < -0.39 is 0 Å². The molecule has 1 saturated heterocycles. The molecule has 0 spiro atoms. The summed E-state index contributed by atoms with van der Waals surface area (Å²) in [7, 11) is 0. The largest absolute Gasteiger partial charge is 0.326 e. The van der Waals surface area contributed by atoms with Gasteiger partial charge >= 0.3 is 0 Å². The molecule has 0 bridgehead atoms. The molecular weight excluding hydrogens is 348 g/mol. The van der Waals surface area contributed by atoms with Gasteiger partial charge < -0.3 is 10.2 Å². The highest BCUT2D eigenvalue weighted by atomic mass is 16.2. The van der Waals surface area contributed by atoms with E-state index in [-0.39, 0.29) is 30.1 Å². The molecule has 0 aliphatic carbocycles. The average molecular weight is 370 g/mol. The minimum atomic E-state index is -0.383. The van der Waals surface area contributed by atoms with E-state index in [4.69, 9.17) is 0 Å². The number of anilines is 2. The molecule has 3 aromatic carbocycles. The number of carbonyl (C=O) groups excluding carboxylic acids is 2. The molecule has 0 saturated carbocycles. The molecule has 1 fully saturated rings. The van der Waals surface area contributed by atoms with Crippen molar-refractivity contribution < 1.29 is 9.59 Å². The summed E-state index contributed by atoms with van der Waals surface area (Å²) >= 11 is 0. The van der Waals surface area contributed by atoms with Gasteiger partial charge in [-0.1, -0.05) is 66.7 Å². The fourth-order valence-electron chi connectivity index (χ4n) is 3.83. The summed E-state index contributed by atoms with van der Waals surface area (Å²) in [6.45, 7) is 0.580. The maximum Gasteiger partial charge on any atom is 0.231 e. The van der Waals surface area contributed by atoms with Crippen LogP contribution in [0.25, 0.3) is 0 Å². The van der Waals surface area contributed by atoms with E-state index in [9.17, 15) is 9.59 Å². The summed E-state index contributed by atoms with van der Waals surface area (Å²) in [5, 5.41) is 2.91. The zero-order valence-electron chi connectivity index (χ0n) is 15.5. The lowest BCUT2D eigenvalue weighted by Crippen LogP contribution is -2.29. The fourth-order valence-corrected chi connectivity index (χ4v) is 3.83. The van der Waals surface area contributed by atoms with Crippen molar-refractivity contribution in [3.05, 3.63) is 96.6 Å². The quantitative estimate of drug-likeness (QED) is 0.721. The number of hydrogen-bond acceptors (Lipinski definition) is 2. The fraction of sp³-hybridized carbons (Fsp3) is 0.167. The molecule has 0 radical (unpaired) electrons. The highest BCUT2D eigenvalue weighted by Gasteiger charge is 2.42. The zero-order valence-corrected chi connectivity index (χ0v) is 15.5. The summed E-state index contributed by atoms with van der Waals surface area (Å²) in [6.07, 6.45) is 0.163. The first-order valence-electron chi connectivity index (χ1n) is 9.48. The van der Waals surface area contributed by atoms with Crippen LogP contribution in [0.2, 0.25) is 0 Å². The van der Waals surface area contributed by atoms with Crippen molar-refractivity contribution in [3.8, 4) is 0 Å². The van der Waals surface area contributed by atoms with E-state index >= 15 is 0 Å². The van der Waals surface area contributed by atoms with Crippen LogP contribution in [0.15, 0.2) is 91.0 Å². The molecule has 2 atom stereocenters. The monoisotopic (exact) mass is 370 g/mol. The molecular formula is C24H22N2O2. The van der Waals surface area contributed by atoms with Crippen molar-refractivity contribution in [2.24, 2.45) is 5.92 Å². The van der Waals surface area contributed by atoms with Crippen LogP contribution in [0.5, 0.6) is 0 Å². The number of hydrogen-bond donors (Lipinski definition) is 1. The third-order valence-corrected chi connectivity index (χ3v) is 5.21. The number of nitrogens with one attached hydrogen (secondary N) is 1. The predicted octanol–water partition coefficient (Wildman–Crippen LogP) is 4.46. The van der Waals surface area contributed by atoms with Crippen LogP contribution in [0.1, 0.15) is 17.9 Å². The second-order valence-electron chi connectivity index (χ2n) is 7.03. The van der Waals surface area contributed by atoms with Crippen LogP contribution in [-0.4, -0.2) is 18.4 Å². The van der Waals surface area contributed by atoms with Gasteiger partial charge in [-0.25, -0.2) is 0 Å². The van der Waals surface area contributed by atoms with Crippen LogP contribution in [0, 0.1) is 5.92 Å². The molecule has 0 aromatic heterocycles. The van der Waals surface area contributed by atoms with Crippen molar-refractivity contribution in [1.82, 2.24) is 0 Å². The average Bonchev–Trinajstić information content (AvgIpc) is 3.06. The minimum Gasteiger partial charge on any atom is -0.326 e. The van der Waals surface area contributed by atoms with E-state index in [0.29, 0.717) is 6.54 Å². The Balaban J connectivity index is 1.58. The summed E-state index contributed by atoms with van der Waals surface area (Å²) in [4.78, 5) is 27.7. The number of benzene rings is 3. The van der Waals surface area contributed by atoms with Gasteiger partial charge in [0.05, 0.1) is 5.92 Å². The van der Waals surface area contributed by atoms with Gasteiger partial charge in [-0.3, -0.25) is 9.59 Å². The number of carbonyl (C=O) groups is 2. The second-order valence-corrected chi connectivity index (χ2v) is 7.03. The first kappa shape index (κ1) is 18.0. The molecule has 4 heteroatoms. The molecule has 2 unspecified atom stereocenters. The molecule has 1 aliphatic heterocycles. The highest BCUT2D eigenvalue weighted by Crippen LogP contribution is 2.38. The number of amides is 2. The molecule has 1 aliphatic rings. The van der Waals surface area contributed by atoms with Crippen LogP contribution < -0.4 is 10.2 Å². The van der Waals surface area contributed by atoms with E-state index in [2.05, 4.69) is 5.32 Å². The van der Waals surface area contributed by atoms with Crippen molar-refractivity contribution in [3.63, 3.8) is 0 Å². The summed E-state index contributed by atoms with van der Waals surface area (Å²) in [5.74, 6) is -0.537. The number of para-hydroxylation sites is 2. The normalized spacial score (nSPS) is 18.9. The molecule has 28 heavy (non-hydrogen) atoms.